The second-order valence-corrected chi connectivity index (χ2v) is 9.48. The van der Waals surface area contributed by atoms with Gasteiger partial charge in [0.05, 0.1) is 23.4 Å². The number of ether oxygens (including phenoxy) is 2. The third kappa shape index (κ3) is 6.28. The van der Waals surface area contributed by atoms with Gasteiger partial charge in [-0.1, -0.05) is 47.5 Å². The van der Waals surface area contributed by atoms with Crippen molar-refractivity contribution in [2.45, 2.75) is 19.4 Å². The van der Waals surface area contributed by atoms with Gasteiger partial charge in [-0.05, 0) is 36.8 Å². The van der Waals surface area contributed by atoms with E-state index in [-0.39, 0.29) is 12.1 Å². The summed E-state index contributed by atoms with van der Waals surface area (Å²) in [4.78, 5) is 19.0. The van der Waals surface area contributed by atoms with Crippen molar-refractivity contribution in [3.8, 4) is 5.75 Å². The quantitative estimate of drug-likeness (QED) is 0.414. The molecule has 2 N–H and O–H groups in total. The van der Waals surface area contributed by atoms with Crippen molar-refractivity contribution in [1.29, 1.82) is 0 Å². The van der Waals surface area contributed by atoms with Crippen molar-refractivity contribution in [3.05, 3.63) is 52.0 Å². The Morgan fingerprint density at radius 1 is 1.24 bits per heavy atom. The summed E-state index contributed by atoms with van der Waals surface area (Å²) in [5.74, 6) is 0.690. The minimum Gasteiger partial charge on any atom is -0.486 e. The molecule has 1 saturated heterocycles. The van der Waals surface area contributed by atoms with Crippen molar-refractivity contribution in [1.82, 2.24) is 15.2 Å². The number of urea groups is 1. The van der Waals surface area contributed by atoms with E-state index < -0.39 is 0 Å². The first-order valence-corrected chi connectivity index (χ1v) is 12.5. The molecule has 3 aromatic rings. The van der Waals surface area contributed by atoms with Crippen molar-refractivity contribution in [2.75, 3.05) is 44.7 Å². The predicted molar refractivity (Wildman–Crippen MR) is 134 cm³/mol. The standard InChI is InChI=1S/C23H26Cl2N4O3S/c1-2-19(21-16(24)4-3-5-17(21)25)32-15-6-7-18-20(14-15)33-23(27-18)28-22(30)26-8-9-29-10-12-31-13-11-29/h3-7,14,19H,2,8-13H2,1H3,(H2,26,27,28,30). The second kappa shape index (κ2) is 11.4. The van der Waals surface area contributed by atoms with Gasteiger partial charge in [0.2, 0.25) is 0 Å². The number of nitrogens with one attached hydrogen (secondary N) is 2. The zero-order valence-electron chi connectivity index (χ0n) is 18.3. The van der Waals surface area contributed by atoms with Crippen LogP contribution in [-0.2, 0) is 4.74 Å². The molecule has 0 spiro atoms. The number of aromatic nitrogens is 1. The van der Waals surface area contributed by atoms with E-state index in [2.05, 4.69) is 20.5 Å². The van der Waals surface area contributed by atoms with Crippen LogP contribution < -0.4 is 15.4 Å². The lowest BCUT2D eigenvalue weighted by molar-refractivity contribution is 0.0388. The molecule has 1 aliphatic heterocycles. The van der Waals surface area contributed by atoms with E-state index in [9.17, 15) is 4.79 Å². The molecule has 1 atom stereocenters. The van der Waals surface area contributed by atoms with Crippen LogP contribution in [-0.4, -0.2) is 55.3 Å². The Labute approximate surface area is 207 Å². The Bertz CT molecular complexity index is 1080. The molecule has 7 nitrogen and oxygen atoms in total. The first kappa shape index (κ1) is 24.0. The highest BCUT2D eigenvalue weighted by Crippen LogP contribution is 2.36. The van der Waals surface area contributed by atoms with Crippen LogP contribution in [0.5, 0.6) is 5.75 Å². The fourth-order valence-corrected chi connectivity index (χ4v) is 5.18. The largest absolute Gasteiger partial charge is 0.486 e. The van der Waals surface area contributed by atoms with Gasteiger partial charge in [0.25, 0.3) is 0 Å². The number of rotatable bonds is 8. The topological polar surface area (TPSA) is 75.7 Å². The number of hydrogen-bond acceptors (Lipinski definition) is 6. The summed E-state index contributed by atoms with van der Waals surface area (Å²) in [7, 11) is 0. The molecule has 2 aromatic carbocycles. The van der Waals surface area contributed by atoms with E-state index in [0.29, 0.717) is 33.9 Å². The van der Waals surface area contributed by atoms with Gasteiger partial charge in [-0.3, -0.25) is 10.2 Å². The maximum atomic E-state index is 12.3. The molecule has 4 rings (SSSR count). The number of fused-ring (bicyclic) bond motifs is 1. The number of anilines is 1. The van der Waals surface area contributed by atoms with Gasteiger partial charge in [0.1, 0.15) is 11.9 Å². The fraction of sp³-hybridized carbons (Fsp3) is 0.391. The Balaban J connectivity index is 1.37. The summed E-state index contributed by atoms with van der Waals surface area (Å²) >= 11 is 14.1. The number of halogens is 2. The number of thiazole rings is 1. The minimum atomic E-state index is -0.272. The van der Waals surface area contributed by atoms with Gasteiger partial charge in [-0.2, -0.15) is 0 Å². The lowest BCUT2D eigenvalue weighted by atomic mass is 10.1. The lowest BCUT2D eigenvalue weighted by Gasteiger charge is -2.26. The Hall–Kier alpha value is -2.10. The maximum absolute atomic E-state index is 12.3. The number of hydrogen-bond donors (Lipinski definition) is 2. The van der Waals surface area contributed by atoms with Gasteiger partial charge in [0, 0.05) is 41.8 Å². The highest BCUT2D eigenvalue weighted by molar-refractivity contribution is 7.22. The summed E-state index contributed by atoms with van der Waals surface area (Å²) in [6.07, 6.45) is 0.438. The highest BCUT2D eigenvalue weighted by Gasteiger charge is 2.19. The zero-order valence-corrected chi connectivity index (χ0v) is 20.6. The number of carbonyl (C=O) groups is 1. The summed E-state index contributed by atoms with van der Waals surface area (Å²) in [5, 5.41) is 7.40. The Kier molecular flexibility index (Phi) is 8.27. The van der Waals surface area contributed by atoms with E-state index in [1.165, 1.54) is 11.3 Å². The van der Waals surface area contributed by atoms with Gasteiger partial charge >= 0.3 is 6.03 Å². The highest BCUT2D eigenvalue weighted by atomic mass is 35.5. The summed E-state index contributed by atoms with van der Waals surface area (Å²) in [6, 6.07) is 10.8. The normalized spacial score (nSPS) is 15.4. The molecule has 0 radical (unpaired) electrons. The van der Waals surface area contributed by atoms with Crippen LogP contribution in [0.25, 0.3) is 10.2 Å². The average molecular weight is 509 g/mol. The molecule has 2 heterocycles. The predicted octanol–water partition coefficient (Wildman–Crippen LogP) is 5.59. The molecule has 0 bridgehead atoms. The average Bonchev–Trinajstić information content (AvgIpc) is 3.20. The molecule has 10 heteroatoms. The molecule has 0 aliphatic carbocycles. The van der Waals surface area contributed by atoms with E-state index in [1.54, 1.807) is 0 Å². The molecular formula is C23H26Cl2N4O3S. The number of morpholine rings is 1. The molecule has 0 saturated carbocycles. The molecule has 1 unspecified atom stereocenters. The SMILES string of the molecule is CCC(Oc1ccc2nc(NC(=O)NCCN3CCOCC3)sc2c1)c1c(Cl)cccc1Cl. The number of benzene rings is 2. The molecule has 2 amide bonds. The van der Waals surface area contributed by atoms with Gasteiger partial charge in [-0.25, -0.2) is 9.78 Å². The molecule has 1 aromatic heterocycles. The van der Waals surface area contributed by atoms with E-state index in [0.717, 1.165) is 48.6 Å². The van der Waals surface area contributed by atoms with Crippen LogP contribution in [0.1, 0.15) is 25.0 Å². The summed E-state index contributed by atoms with van der Waals surface area (Å²) in [6.45, 7) is 6.67. The lowest BCUT2D eigenvalue weighted by Crippen LogP contribution is -2.42. The van der Waals surface area contributed by atoms with Gasteiger partial charge < -0.3 is 14.8 Å². The Morgan fingerprint density at radius 2 is 2.00 bits per heavy atom. The van der Waals surface area contributed by atoms with Gasteiger partial charge in [-0.15, -0.1) is 0 Å². The second-order valence-electron chi connectivity index (χ2n) is 7.63. The van der Waals surface area contributed by atoms with Crippen LogP contribution in [0, 0.1) is 0 Å². The van der Waals surface area contributed by atoms with Crippen LogP contribution in [0.4, 0.5) is 9.93 Å². The smallest absolute Gasteiger partial charge is 0.321 e. The van der Waals surface area contributed by atoms with Crippen LogP contribution in [0.2, 0.25) is 10.0 Å². The number of nitrogens with zero attached hydrogens (tertiary/aromatic N) is 2. The summed E-state index contributed by atoms with van der Waals surface area (Å²) < 4.78 is 12.5. The van der Waals surface area contributed by atoms with Gasteiger partial charge in [0.15, 0.2) is 5.13 Å². The van der Waals surface area contributed by atoms with Crippen LogP contribution in [0.15, 0.2) is 36.4 Å². The van der Waals surface area contributed by atoms with Crippen molar-refractivity contribution in [3.63, 3.8) is 0 Å². The third-order valence-corrected chi connectivity index (χ3v) is 6.96. The Morgan fingerprint density at radius 3 is 2.73 bits per heavy atom. The maximum Gasteiger partial charge on any atom is 0.321 e. The molecular weight excluding hydrogens is 483 g/mol. The minimum absolute atomic E-state index is 0.266. The first-order valence-electron chi connectivity index (χ1n) is 10.9. The number of carbonyl (C=O) groups excluding carboxylic acids is 1. The van der Waals surface area contributed by atoms with Crippen LogP contribution >= 0.6 is 34.5 Å². The molecule has 1 fully saturated rings. The number of amides is 2. The van der Waals surface area contributed by atoms with E-state index in [4.69, 9.17) is 32.7 Å². The van der Waals surface area contributed by atoms with E-state index in [1.807, 2.05) is 43.3 Å². The van der Waals surface area contributed by atoms with Crippen LogP contribution in [0.3, 0.4) is 0 Å². The van der Waals surface area contributed by atoms with Crippen molar-refractivity contribution < 1.29 is 14.3 Å². The van der Waals surface area contributed by atoms with E-state index >= 15 is 0 Å². The molecule has 33 heavy (non-hydrogen) atoms. The first-order chi connectivity index (χ1) is 16.0. The molecule has 1 aliphatic rings. The monoisotopic (exact) mass is 508 g/mol. The van der Waals surface area contributed by atoms with Crippen molar-refractivity contribution in [2.24, 2.45) is 0 Å². The fourth-order valence-electron chi connectivity index (χ4n) is 3.65. The van der Waals surface area contributed by atoms with Crippen molar-refractivity contribution >= 4 is 55.9 Å². The third-order valence-electron chi connectivity index (χ3n) is 5.37. The molecule has 176 valence electrons. The zero-order chi connectivity index (χ0) is 23.2. The summed E-state index contributed by atoms with van der Waals surface area (Å²) in [5.41, 5.74) is 1.57.